The Hall–Kier alpha value is -2.17. The van der Waals surface area contributed by atoms with Crippen molar-refractivity contribution in [1.82, 2.24) is 9.80 Å². The number of likely N-dealkylation sites (N-methyl/N-ethyl adjacent to an activating group) is 1. The van der Waals surface area contributed by atoms with Crippen molar-refractivity contribution in [3.63, 3.8) is 0 Å². The van der Waals surface area contributed by atoms with Gasteiger partial charge < -0.3 is 9.64 Å². The third-order valence-electron chi connectivity index (χ3n) is 5.15. The van der Waals surface area contributed by atoms with Crippen LogP contribution in [0.4, 0.5) is 0 Å². The molecular formula is C23H30N2O2. The summed E-state index contributed by atoms with van der Waals surface area (Å²) in [5, 5.41) is 0. The molecule has 1 fully saturated rings. The van der Waals surface area contributed by atoms with Gasteiger partial charge in [-0.05, 0) is 50.1 Å². The van der Waals surface area contributed by atoms with Crippen molar-refractivity contribution in [2.45, 2.75) is 19.8 Å². The molecule has 4 nitrogen and oxygen atoms in total. The number of benzene rings is 2. The predicted octanol–water partition coefficient (Wildman–Crippen LogP) is 3.30. The van der Waals surface area contributed by atoms with E-state index < -0.39 is 0 Å². The van der Waals surface area contributed by atoms with Gasteiger partial charge in [0.05, 0.1) is 18.7 Å². The SMILES string of the molecule is CCOc1cc(CCc2ccccc2)ccc1C(=O)CN1CCN(C)CC1. The lowest BCUT2D eigenvalue weighted by Crippen LogP contribution is -2.46. The van der Waals surface area contributed by atoms with E-state index in [-0.39, 0.29) is 5.78 Å². The number of hydrogen-bond donors (Lipinski definition) is 0. The van der Waals surface area contributed by atoms with Gasteiger partial charge in [0.25, 0.3) is 0 Å². The number of nitrogens with zero attached hydrogens (tertiary/aromatic N) is 2. The van der Waals surface area contributed by atoms with Crippen LogP contribution in [0.3, 0.4) is 0 Å². The molecule has 2 aromatic rings. The lowest BCUT2D eigenvalue weighted by atomic mass is 10.0. The van der Waals surface area contributed by atoms with E-state index in [2.05, 4.69) is 47.2 Å². The Balaban J connectivity index is 1.66. The van der Waals surface area contributed by atoms with Crippen LogP contribution in [0.1, 0.15) is 28.4 Å². The number of Topliss-reactive ketones (excluding diaryl/α,β-unsaturated/α-hetero) is 1. The van der Waals surface area contributed by atoms with Gasteiger partial charge in [-0.15, -0.1) is 0 Å². The molecule has 0 unspecified atom stereocenters. The van der Waals surface area contributed by atoms with E-state index in [9.17, 15) is 4.79 Å². The smallest absolute Gasteiger partial charge is 0.180 e. The molecule has 144 valence electrons. The summed E-state index contributed by atoms with van der Waals surface area (Å²) in [6, 6.07) is 16.5. The lowest BCUT2D eigenvalue weighted by Gasteiger charge is -2.31. The summed E-state index contributed by atoms with van der Waals surface area (Å²) in [7, 11) is 2.13. The van der Waals surface area contributed by atoms with Gasteiger partial charge in [0.1, 0.15) is 5.75 Å². The topological polar surface area (TPSA) is 32.8 Å². The van der Waals surface area contributed by atoms with Gasteiger partial charge in [-0.3, -0.25) is 9.69 Å². The van der Waals surface area contributed by atoms with Crippen molar-refractivity contribution in [3.8, 4) is 5.75 Å². The summed E-state index contributed by atoms with van der Waals surface area (Å²) in [5.74, 6) is 0.875. The molecule has 0 atom stereocenters. The zero-order chi connectivity index (χ0) is 19.1. The molecule has 0 spiro atoms. The Labute approximate surface area is 162 Å². The fourth-order valence-electron chi connectivity index (χ4n) is 3.46. The minimum Gasteiger partial charge on any atom is -0.493 e. The molecule has 0 bridgehead atoms. The van der Waals surface area contributed by atoms with Crippen molar-refractivity contribution < 1.29 is 9.53 Å². The number of piperazine rings is 1. The Morgan fingerprint density at radius 1 is 0.963 bits per heavy atom. The fourth-order valence-corrected chi connectivity index (χ4v) is 3.46. The molecule has 3 rings (SSSR count). The zero-order valence-electron chi connectivity index (χ0n) is 16.5. The van der Waals surface area contributed by atoms with E-state index >= 15 is 0 Å². The van der Waals surface area contributed by atoms with Crippen LogP contribution in [-0.2, 0) is 12.8 Å². The maximum absolute atomic E-state index is 12.8. The maximum atomic E-state index is 12.8. The normalized spacial score (nSPS) is 15.6. The first-order chi connectivity index (χ1) is 13.2. The Bertz CT molecular complexity index is 737. The maximum Gasteiger partial charge on any atom is 0.180 e. The molecule has 0 saturated carbocycles. The van der Waals surface area contributed by atoms with E-state index in [0.717, 1.165) is 44.8 Å². The van der Waals surface area contributed by atoms with Gasteiger partial charge in [-0.2, -0.15) is 0 Å². The van der Waals surface area contributed by atoms with E-state index in [1.807, 2.05) is 25.1 Å². The van der Waals surface area contributed by atoms with Crippen LogP contribution in [0.25, 0.3) is 0 Å². The first kappa shape index (κ1) is 19.6. The highest BCUT2D eigenvalue weighted by atomic mass is 16.5. The highest BCUT2D eigenvalue weighted by Gasteiger charge is 2.20. The summed E-state index contributed by atoms with van der Waals surface area (Å²) in [6.45, 7) is 6.93. The molecule has 2 aromatic carbocycles. The summed E-state index contributed by atoms with van der Waals surface area (Å²) in [5.41, 5.74) is 3.24. The Kier molecular flexibility index (Phi) is 7.02. The average molecular weight is 367 g/mol. The molecule has 1 aliphatic rings. The van der Waals surface area contributed by atoms with Crippen LogP contribution < -0.4 is 4.74 Å². The molecular weight excluding hydrogens is 336 g/mol. The number of ether oxygens (including phenoxy) is 1. The van der Waals surface area contributed by atoms with Crippen LogP contribution in [0.5, 0.6) is 5.75 Å². The van der Waals surface area contributed by atoms with Crippen LogP contribution in [0.15, 0.2) is 48.5 Å². The number of ketones is 1. The van der Waals surface area contributed by atoms with E-state index in [1.54, 1.807) is 0 Å². The summed E-state index contributed by atoms with van der Waals surface area (Å²) >= 11 is 0. The van der Waals surface area contributed by atoms with Gasteiger partial charge in [-0.1, -0.05) is 36.4 Å². The molecule has 1 heterocycles. The number of rotatable bonds is 8. The minimum atomic E-state index is 0.151. The quantitative estimate of drug-likeness (QED) is 0.671. The molecule has 0 aromatic heterocycles. The van der Waals surface area contributed by atoms with Crippen LogP contribution in [0.2, 0.25) is 0 Å². The van der Waals surface area contributed by atoms with Gasteiger partial charge >= 0.3 is 0 Å². The second-order valence-electron chi connectivity index (χ2n) is 7.25. The van der Waals surface area contributed by atoms with Gasteiger partial charge in [0, 0.05) is 26.2 Å². The number of hydrogen-bond acceptors (Lipinski definition) is 4. The standard InChI is InChI=1S/C23H30N2O2/c1-3-27-23-17-20(10-9-19-7-5-4-6-8-19)11-12-21(23)22(26)18-25-15-13-24(2)14-16-25/h4-8,11-12,17H,3,9-10,13-16,18H2,1-2H3. The summed E-state index contributed by atoms with van der Waals surface area (Å²) < 4.78 is 5.81. The monoisotopic (exact) mass is 366 g/mol. The first-order valence-corrected chi connectivity index (χ1v) is 9.89. The van der Waals surface area contributed by atoms with Gasteiger partial charge in [0.15, 0.2) is 5.78 Å². The summed E-state index contributed by atoms with van der Waals surface area (Å²) in [4.78, 5) is 17.4. The van der Waals surface area contributed by atoms with Gasteiger partial charge in [0.2, 0.25) is 0 Å². The van der Waals surface area contributed by atoms with Crippen LogP contribution >= 0.6 is 0 Å². The third-order valence-corrected chi connectivity index (χ3v) is 5.15. The van der Waals surface area contributed by atoms with Crippen molar-refractivity contribution in [2.75, 3.05) is 46.4 Å². The van der Waals surface area contributed by atoms with Crippen LogP contribution in [-0.4, -0.2) is 62.0 Å². The van der Waals surface area contributed by atoms with Crippen molar-refractivity contribution >= 4 is 5.78 Å². The van der Waals surface area contributed by atoms with Crippen molar-refractivity contribution in [3.05, 3.63) is 65.2 Å². The molecule has 1 saturated heterocycles. The van der Waals surface area contributed by atoms with Crippen LogP contribution in [0, 0.1) is 0 Å². The molecule has 4 heteroatoms. The largest absolute Gasteiger partial charge is 0.493 e. The van der Waals surface area contributed by atoms with Gasteiger partial charge in [-0.25, -0.2) is 0 Å². The van der Waals surface area contributed by atoms with E-state index in [1.165, 1.54) is 11.1 Å². The second kappa shape index (κ2) is 9.67. The fraction of sp³-hybridized carbons (Fsp3) is 0.435. The Morgan fingerprint density at radius 3 is 2.37 bits per heavy atom. The van der Waals surface area contributed by atoms with E-state index in [4.69, 9.17) is 4.74 Å². The molecule has 1 aliphatic heterocycles. The Morgan fingerprint density at radius 2 is 1.67 bits per heavy atom. The molecule has 27 heavy (non-hydrogen) atoms. The number of aryl methyl sites for hydroxylation is 2. The lowest BCUT2D eigenvalue weighted by molar-refractivity contribution is 0.0873. The summed E-state index contributed by atoms with van der Waals surface area (Å²) in [6.07, 6.45) is 1.93. The van der Waals surface area contributed by atoms with Crippen molar-refractivity contribution in [1.29, 1.82) is 0 Å². The highest BCUT2D eigenvalue weighted by Crippen LogP contribution is 2.23. The third kappa shape index (κ3) is 5.65. The first-order valence-electron chi connectivity index (χ1n) is 9.89. The predicted molar refractivity (Wildman–Crippen MR) is 110 cm³/mol. The zero-order valence-corrected chi connectivity index (χ0v) is 16.5. The molecule has 0 aliphatic carbocycles. The molecule has 0 radical (unpaired) electrons. The van der Waals surface area contributed by atoms with E-state index in [0.29, 0.717) is 18.7 Å². The average Bonchev–Trinajstić information content (AvgIpc) is 2.69. The highest BCUT2D eigenvalue weighted by molar-refractivity contribution is 6.00. The number of carbonyl (C=O) groups excluding carboxylic acids is 1. The molecule has 0 N–H and O–H groups in total. The molecule has 0 amide bonds. The minimum absolute atomic E-state index is 0.151. The second-order valence-corrected chi connectivity index (χ2v) is 7.25. The van der Waals surface area contributed by atoms with Crippen molar-refractivity contribution in [2.24, 2.45) is 0 Å². The number of carbonyl (C=O) groups is 1.